The van der Waals surface area contributed by atoms with Crippen molar-refractivity contribution in [2.75, 3.05) is 31.1 Å². The van der Waals surface area contributed by atoms with Gasteiger partial charge in [-0.2, -0.15) is 0 Å². The number of rotatable bonds is 1. The molecule has 0 bridgehead atoms. The quantitative estimate of drug-likeness (QED) is 0.804. The van der Waals surface area contributed by atoms with Crippen LogP contribution in [-0.4, -0.2) is 31.3 Å². The van der Waals surface area contributed by atoms with E-state index in [9.17, 15) is 0 Å². The third-order valence-corrected chi connectivity index (χ3v) is 4.05. The van der Waals surface area contributed by atoms with Gasteiger partial charge in [0.1, 0.15) is 0 Å². The lowest BCUT2D eigenvalue weighted by molar-refractivity contribution is 0.455. The highest BCUT2D eigenvalue weighted by Crippen LogP contribution is 2.33. The van der Waals surface area contributed by atoms with Gasteiger partial charge in [0, 0.05) is 26.2 Å². The summed E-state index contributed by atoms with van der Waals surface area (Å²) in [6.45, 7) is 4.51. The zero-order valence-electron chi connectivity index (χ0n) is 9.60. The summed E-state index contributed by atoms with van der Waals surface area (Å²) in [7, 11) is 0. The highest BCUT2D eigenvalue weighted by molar-refractivity contribution is 5.88. The maximum absolute atomic E-state index is 5.38. The number of nitrogens with one attached hydrogen (secondary N) is 1. The van der Waals surface area contributed by atoms with Gasteiger partial charge in [-0.05, 0) is 24.0 Å². The summed E-state index contributed by atoms with van der Waals surface area (Å²) in [4.78, 5) is 2.38. The molecule has 2 aliphatic heterocycles. The first-order valence-corrected chi connectivity index (χ1v) is 6.22. The zero-order valence-corrected chi connectivity index (χ0v) is 9.60. The Balaban J connectivity index is 1.71. The Morgan fingerprint density at radius 3 is 2.76 bits per heavy atom. The van der Waals surface area contributed by atoms with E-state index in [4.69, 9.17) is 4.52 Å². The van der Waals surface area contributed by atoms with Crippen LogP contribution in [0, 0.1) is 11.8 Å². The van der Waals surface area contributed by atoms with Gasteiger partial charge in [-0.3, -0.25) is 0 Å². The molecule has 0 spiro atoms. The van der Waals surface area contributed by atoms with E-state index in [0.717, 1.165) is 54.8 Å². The minimum absolute atomic E-state index is 0.783. The molecule has 4 rings (SSSR count). The second-order valence-electron chi connectivity index (χ2n) is 5.09. The summed E-state index contributed by atoms with van der Waals surface area (Å²) in [6.07, 6.45) is 0. The van der Waals surface area contributed by atoms with E-state index in [1.165, 1.54) is 0 Å². The predicted molar refractivity (Wildman–Crippen MR) is 66.1 cm³/mol. The van der Waals surface area contributed by atoms with Crippen LogP contribution in [-0.2, 0) is 0 Å². The van der Waals surface area contributed by atoms with E-state index >= 15 is 0 Å². The lowest BCUT2D eigenvalue weighted by Gasteiger charge is -2.15. The second-order valence-corrected chi connectivity index (χ2v) is 5.09. The first-order valence-electron chi connectivity index (χ1n) is 6.22. The fourth-order valence-corrected chi connectivity index (χ4v) is 3.13. The van der Waals surface area contributed by atoms with Crippen LogP contribution in [0.3, 0.4) is 0 Å². The smallest absolute Gasteiger partial charge is 0.179 e. The molecular formula is C13H15N3O. The Kier molecular flexibility index (Phi) is 1.93. The monoisotopic (exact) mass is 229 g/mol. The number of hydrogen-bond acceptors (Lipinski definition) is 4. The Morgan fingerprint density at radius 1 is 1.18 bits per heavy atom. The van der Waals surface area contributed by atoms with Crippen molar-refractivity contribution in [1.82, 2.24) is 10.5 Å². The van der Waals surface area contributed by atoms with E-state index in [2.05, 4.69) is 21.4 Å². The molecule has 2 saturated heterocycles. The predicted octanol–water partition coefficient (Wildman–Crippen LogP) is 1.48. The molecule has 2 atom stereocenters. The molecule has 0 aliphatic carbocycles. The van der Waals surface area contributed by atoms with Crippen molar-refractivity contribution in [3.63, 3.8) is 0 Å². The molecule has 0 saturated carbocycles. The minimum Gasteiger partial charge on any atom is -0.354 e. The van der Waals surface area contributed by atoms with Gasteiger partial charge >= 0.3 is 0 Å². The van der Waals surface area contributed by atoms with Crippen LogP contribution in [0.2, 0.25) is 0 Å². The molecule has 2 unspecified atom stereocenters. The van der Waals surface area contributed by atoms with E-state index in [-0.39, 0.29) is 0 Å². The van der Waals surface area contributed by atoms with Crippen molar-refractivity contribution in [2.24, 2.45) is 11.8 Å². The van der Waals surface area contributed by atoms with Gasteiger partial charge in [0.15, 0.2) is 11.4 Å². The Labute approximate surface area is 99.6 Å². The number of anilines is 1. The molecule has 1 N–H and O–H groups in total. The average molecular weight is 229 g/mol. The third kappa shape index (κ3) is 1.37. The Bertz CT molecular complexity index is 538. The summed E-state index contributed by atoms with van der Waals surface area (Å²) in [5.74, 6) is 2.59. The molecule has 4 heteroatoms. The Hall–Kier alpha value is -1.55. The number of nitrogens with zero attached hydrogens (tertiary/aromatic N) is 2. The lowest BCUT2D eigenvalue weighted by Crippen LogP contribution is -2.25. The number of para-hydroxylation sites is 1. The molecule has 2 fully saturated rings. The van der Waals surface area contributed by atoms with Crippen molar-refractivity contribution >= 4 is 16.8 Å². The fraction of sp³-hybridized carbons (Fsp3) is 0.462. The topological polar surface area (TPSA) is 41.3 Å². The van der Waals surface area contributed by atoms with Crippen LogP contribution in [0.5, 0.6) is 0 Å². The van der Waals surface area contributed by atoms with Crippen molar-refractivity contribution < 1.29 is 4.52 Å². The maximum Gasteiger partial charge on any atom is 0.179 e. The van der Waals surface area contributed by atoms with Crippen LogP contribution >= 0.6 is 0 Å². The fourth-order valence-electron chi connectivity index (χ4n) is 3.13. The van der Waals surface area contributed by atoms with E-state index in [1.807, 2.05) is 18.2 Å². The third-order valence-electron chi connectivity index (χ3n) is 4.05. The molecule has 0 amide bonds. The standard InChI is InChI=1S/C13H15N3O/c1-2-4-12-11(3-1)13(15-17-12)16-7-9-5-14-6-10(9)8-16/h1-4,9-10,14H,5-8H2. The summed E-state index contributed by atoms with van der Waals surface area (Å²) < 4.78 is 5.38. The lowest BCUT2D eigenvalue weighted by atomic mass is 10.0. The number of benzene rings is 1. The number of fused-ring (bicyclic) bond motifs is 2. The molecule has 4 nitrogen and oxygen atoms in total. The molecule has 0 radical (unpaired) electrons. The largest absolute Gasteiger partial charge is 0.354 e. The van der Waals surface area contributed by atoms with Crippen LogP contribution < -0.4 is 10.2 Å². The van der Waals surface area contributed by atoms with Crippen molar-refractivity contribution in [3.8, 4) is 0 Å². The van der Waals surface area contributed by atoms with Crippen molar-refractivity contribution in [1.29, 1.82) is 0 Å². The van der Waals surface area contributed by atoms with Crippen LogP contribution in [0.25, 0.3) is 11.0 Å². The van der Waals surface area contributed by atoms with Gasteiger partial charge in [0.25, 0.3) is 0 Å². The molecule has 3 heterocycles. The molecule has 88 valence electrons. The van der Waals surface area contributed by atoms with Gasteiger partial charge in [-0.25, -0.2) is 0 Å². The van der Waals surface area contributed by atoms with E-state index in [0.29, 0.717) is 0 Å². The molecule has 17 heavy (non-hydrogen) atoms. The first-order chi connectivity index (χ1) is 8.42. The molecule has 2 aliphatic rings. The summed E-state index contributed by atoms with van der Waals surface area (Å²) in [5, 5.41) is 8.83. The van der Waals surface area contributed by atoms with E-state index in [1.54, 1.807) is 0 Å². The molecule has 1 aromatic heterocycles. The molecule has 1 aromatic carbocycles. The van der Waals surface area contributed by atoms with Crippen molar-refractivity contribution in [2.45, 2.75) is 0 Å². The number of aromatic nitrogens is 1. The Morgan fingerprint density at radius 2 is 1.94 bits per heavy atom. The minimum atomic E-state index is 0.783. The summed E-state index contributed by atoms with van der Waals surface area (Å²) in [6, 6.07) is 8.10. The van der Waals surface area contributed by atoms with Gasteiger partial charge < -0.3 is 14.7 Å². The van der Waals surface area contributed by atoms with Crippen LogP contribution in [0.15, 0.2) is 28.8 Å². The number of hydrogen-bond donors (Lipinski definition) is 1. The highest BCUT2D eigenvalue weighted by Gasteiger charge is 2.37. The van der Waals surface area contributed by atoms with E-state index < -0.39 is 0 Å². The second kappa shape index (κ2) is 3.47. The van der Waals surface area contributed by atoms with Gasteiger partial charge in [-0.1, -0.05) is 17.3 Å². The van der Waals surface area contributed by atoms with Crippen molar-refractivity contribution in [3.05, 3.63) is 24.3 Å². The molecular weight excluding hydrogens is 214 g/mol. The van der Waals surface area contributed by atoms with Crippen LogP contribution in [0.1, 0.15) is 0 Å². The van der Waals surface area contributed by atoms with Gasteiger partial charge in [0.05, 0.1) is 5.39 Å². The van der Waals surface area contributed by atoms with Crippen LogP contribution in [0.4, 0.5) is 5.82 Å². The zero-order chi connectivity index (χ0) is 11.2. The average Bonchev–Trinajstić information content (AvgIpc) is 3.01. The maximum atomic E-state index is 5.38. The van der Waals surface area contributed by atoms with Gasteiger partial charge in [0.2, 0.25) is 0 Å². The summed E-state index contributed by atoms with van der Waals surface area (Å²) in [5.41, 5.74) is 0.887. The van der Waals surface area contributed by atoms with Gasteiger partial charge in [-0.15, -0.1) is 0 Å². The first kappa shape index (κ1) is 9.48. The SMILES string of the molecule is c1ccc2c(N3CC4CNCC4C3)noc2c1. The summed E-state index contributed by atoms with van der Waals surface area (Å²) >= 11 is 0. The molecule has 2 aromatic rings. The highest BCUT2D eigenvalue weighted by atomic mass is 16.5. The normalized spacial score (nSPS) is 27.9.